The lowest BCUT2D eigenvalue weighted by atomic mass is 10.2. The van der Waals surface area contributed by atoms with Crippen LogP contribution in [0.4, 0.5) is 5.69 Å². The number of nitrogens with zero attached hydrogens (tertiary/aromatic N) is 3. The van der Waals surface area contributed by atoms with E-state index in [0.717, 1.165) is 10.0 Å². The van der Waals surface area contributed by atoms with E-state index in [1.165, 1.54) is 11.8 Å². The Labute approximate surface area is 157 Å². The van der Waals surface area contributed by atoms with Crippen LogP contribution in [0.5, 0.6) is 0 Å². The number of pyridine rings is 1. The zero-order chi connectivity index (χ0) is 17.1. The summed E-state index contributed by atoms with van der Waals surface area (Å²) in [5.74, 6) is -0.0517. The molecule has 0 spiro atoms. The fourth-order valence-electron chi connectivity index (χ4n) is 2.14. The zero-order valence-corrected chi connectivity index (χ0v) is 15.9. The molecule has 1 aromatic carbocycles. The van der Waals surface area contributed by atoms with Crippen molar-refractivity contribution in [2.75, 3.05) is 6.54 Å². The second-order valence-corrected chi connectivity index (χ2v) is 7.20. The third kappa shape index (κ3) is 3.71. The monoisotopic (exact) mass is 421 g/mol. The average molecular weight is 423 g/mol. The SMILES string of the molecule is CCN1C(=O)/C(=C/c2ccc(Br)cc2)SC1=Nc1cccnc1Cl. The molecule has 2 aromatic rings. The predicted molar refractivity (Wildman–Crippen MR) is 103 cm³/mol. The highest BCUT2D eigenvalue weighted by Crippen LogP contribution is 2.35. The van der Waals surface area contributed by atoms with Crippen molar-refractivity contribution in [3.05, 3.63) is 62.7 Å². The molecule has 0 atom stereocenters. The van der Waals surface area contributed by atoms with Gasteiger partial charge in [0.2, 0.25) is 0 Å². The number of aromatic nitrogens is 1. The van der Waals surface area contributed by atoms with Gasteiger partial charge in [-0.05, 0) is 54.6 Å². The van der Waals surface area contributed by atoms with Gasteiger partial charge < -0.3 is 0 Å². The standard InChI is InChI=1S/C17H13BrClN3OS/c1-2-22-16(23)14(10-11-5-7-12(18)8-6-11)24-17(22)21-13-4-3-9-20-15(13)19/h3-10H,2H2,1H3/b14-10-,21-17?. The lowest BCUT2D eigenvalue weighted by molar-refractivity contribution is -0.122. The normalized spacial score (nSPS) is 18.0. The van der Waals surface area contributed by atoms with Crippen LogP contribution in [-0.4, -0.2) is 27.5 Å². The summed E-state index contributed by atoms with van der Waals surface area (Å²) in [6.07, 6.45) is 3.48. The Balaban J connectivity index is 1.94. The van der Waals surface area contributed by atoms with E-state index in [-0.39, 0.29) is 5.91 Å². The Morgan fingerprint density at radius 2 is 2.08 bits per heavy atom. The fraction of sp³-hybridized carbons (Fsp3) is 0.118. The minimum absolute atomic E-state index is 0.0517. The van der Waals surface area contributed by atoms with Crippen molar-refractivity contribution >= 4 is 62.1 Å². The molecule has 122 valence electrons. The summed E-state index contributed by atoms with van der Waals surface area (Å²) >= 11 is 10.8. The molecule has 1 aliphatic rings. The number of hydrogen-bond donors (Lipinski definition) is 0. The van der Waals surface area contributed by atoms with Crippen molar-refractivity contribution in [1.82, 2.24) is 9.88 Å². The molecule has 0 unspecified atom stereocenters. The molecule has 1 fully saturated rings. The highest BCUT2D eigenvalue weighted by Gasteiger charge is 2.32. The number of carbonyl (C=O) groups is 1. The fourth-order valence-corrected chi connectivity index (χ4v) is 3.63. The Bertz CT molecular complexity index is 836. The van der Waals surface area contributed by atoms with Crippen molar-refractivity contribution in [3.8, 4) is 0 Å². The van der Waals surface area contributed by atoms with Gasteiger partial charge in [0.25, 0.3) is 5.91 Å². The van der Waals surface area contributed by atoms with E-state index in [2.05, 4.69) is 25.9 Å². The molecule has 1 saturated heterocycles. The zero-order valence-electron chi connectivity index (χ0n) is 12.7. The van der Waals surface area contributed by atoms with Crippen LogP contribution in [0.25, 0.3) is 6.08 Å². The Kier molecular flexibility index (Phi) is 5.38. The van der Waals surface area contributed by atoms with E-state index in [1.807, 2.05) is 37.3 Å². The molecule has 0 aliphatic carbocycles. The van der Waals surface area contributed by atoms with Gasteiger partial charge in [-0.3, -0.25) is 9.69 Å². The summed E-state index contributed by atoms with van der Waals surface area (Å²) in [6.45, 7) is 2.46. The number of likely N-dealkylation sites (N-methyl/N-ethyl adjacent to an activating group) is 1. The first-order valence-electron chi connectivity index (χ1n) is 7.24. The first-order valence-corrected chi connectivity index (χ1v) is 9.23. The molecule has 2 heterocycles. The van der Waals surface area contributed by atoms with Gasteiger partial charge in [0.1, 0.15) is 5.69 Å². The lowest BCUT2D eigenvalue weighted by Gasteiger charge is -2.12. The van der Waals surface area contributed by atoms with Gasteiger partial charge in [-0.1, -0.05) is 39.7 Å². The summed E-state index contributed by atoms with van der Waals surface area (Å²) < 4.78 is 0.999. The van der Waals surface area contributed by atoms with Gasteiger partial charge in [-0.15, -0.1) is 0 Å². The minimum atomic E-state index is -0.0517. The van der Waals surface area contributed by atoms with Crippen LogP contribution in [-0.2, 0) is 4.79 Å². The summed E-state index contributed by atoms with van der Waals surface area (Å²) in [6, 6.07) is 11.3. The van der Waals surface area contributed by atoms with Crippen LogP contribution < -0.4 is 0 Å². The van der Waals surface area contributed by atoms with Gasteiger partial charge in [-0.2, -0.15) is 0 Å². The topological polar surface area (TPSA) is 45.6 Å². The molecule has 4 nitrogen and oxygen atoms in total. The Hall–Kier alpha value is -1.63. The van der Waals surface area contributed by atoms with Crippen molar-refractivity contribution in [3.63, 3.8) is 0 Å². The first kappa shape index (κ1) is 17.2. The van der Waals surface area contributed by atoms with Gasteiger partial charge in [-0.25, -0.2) is 9.98 Å². The maximum atomic E-state index is 12.6. The summed E-state index contributed by atoms with van der Waals surface area (Å²) in [5.41, 5.74) is 1.52. The molecule has 7 heteroatoms. The van der Waals surface area contributed by atoms with Crippen LogP contribution >= 0.6 is 39.3 Å². The van der Waals surface area contributed by atoms with E-state index in [9.17, 15) is 4.79 Å². The van der Waals surface area contributed by atoms with Gasteiger partial charge in [0.15, 0.2) is 10.3 Å². The molecule has 1 aliphatic heterocycles. The quantitative estimate of drug-likeness (QED) is 0.509. The average Bonchev–Trinajstić information content (AvgIpc) is 2.87. The van der Waals surface area contributed by atoms with E-state index in [1.54, 1.807) is 23.2 Å². The van der Waals surface area contributed by atoms with Gasteiger partial charge in [0.05, 0.1) is 4.91 Å². The number of carbonyl (C=O) groups excluding carboxylic acids is 1. The highest BCUT2D eigenvalue weighted by atomic mass is 79.9. The highest BCUT2D eigenvalue weighted by molar-refractivity contribution is 9.10. The molecule has 0 saturated carbocycles. The maximum absolute atomic E-state index is 12.6. The number of rotatable bonds is 3. The Morgan fingerprint density at radius 1 is 1.33 bits per heavy atom. The van der Waals surface area contributed by atoms with Crippen LogP contribution in [0, 0.1) is 0 Å². The van der Waals surface area contributed by atoms with Crippen LogP contribution in [0.2, 0.25) is 5.15 Å². The minimum Gasteiger partial charge on any atom is -0.287 e. The molecule has 24 heavy (non-hydrogen) atoms. The molecule has 3 rings (SSSR count). The van der Waals surface area contributed by atoms with Crippen molar-refractivity contribution in [1.29, 1.82) is 0 Å². The molecule has 1 amide bonds. The van der Waals surface area contributed by atoms with Crippen LogP contribution in [0.1, 0.15) is 12.5 Å². The summed E-state index contributed by atoms with van der Waals surface area (Å²) in [4.78, 5) is 23.4. The lowest BCUT2D eigenvalue weighted by Crippen LogP contribution is -2.28. The van der Waals surface area contributed by atoms with Crippen molar-refractivity contribution in [2.45, 2.75) is 6.92 Å². The van der Waals surface area contributed by atoms with Gasteiger partial charge in [0, 0.05) is 17.2 Å². The predicted octanol–water partition coefficient (Wildman–Crippen LogP) is 5.12. The van der Waals surface area contributed by atoms with E-state index in [4.69, 9.17) is 11.6 Å². The van der Waals surface area contributed by atoms with E-state index >= 15 is 0 Å². The van der Waals surface area contributed by atoms with Gasteiger partial charge >= 0.3 is 0 Å². The molecule has 0 N–H and O–H groups in total. The number of halogens is 2. The molecule has 0 radical (unpaired) electrons. The van der Waals surface area contributed by atoms with Crippen LogP contribution in [0.3, 0.4) is 0 Å². The van der Waals surface area contributed by atoms with Crippen LogP contribution in [0.15, 0.2) is 57.0 Å². The Morgan fingerprint density at radius 3 is 2.75 bits per heavy atom. The third-order valence-corrected chi connectivity index (χ3v) is 5.15. The third-order valence-electron chi connectivity index (χ3n) is 3.33. The maximum Gasteiger partial charge on any atom is 0.266 e. The largest absolute Gasteiger partial charge is 0.287 e. The van der Waals surface area contributed by atoms with Crippen molar-refractivity contribution < 1.29 is 4.79 Å². The smallest absolute Gasteiger partial charge is 0.266 e. The molecule has 0 bridgehead atoms. The number of thioether (sulfide) groups is 1. The van der Waals surface area contributed by atoms with E-state index < -0.39 is 0 Å². The second kappa shape index (κ2) is 7.51. The van der Waals surface area contributed by atoms with Crippen molar-refractivity contribution in [2.24, 2.45) is 4.99 Å². The number of hydrogen-bond acceptors (Lipinski definition) is 4. The molecular weight excluding hydrogens is 410 g/mol. The molecular formula is C17H13BrClN3OS. The second-order valence-electron chi connectivity index (χ2n) is 4.92. The summed E-state index contributed by atoms with van der Waals surface area (Å²) in [5, 5.41) is 0.931. The number of aliphatic imine (C=N–C) groups is 1. The number of amides is 1. The first-order chi connectivity index (χ1) is 11.6. The molecule has 1 aromatic heterocycles. The van der Waals surface area contributed by atoms with E-state index in [0.29, 0.717) is 27.5 Å². The number of amidine groups is 1. The number of benzene rings is 1. The summed E-state index contributed by atoms with van der Waals surface area (Å²) in [7, 11) is 0.